The molecule has 0 saturated heterocycles. The van der Waals surface area contributed by atoms with Crippen LogP contribution in [0.5, 0.6) is 0 Å². The third-order valence-electron chi connectivity index (χ3n) is 4.60. The molecule has 0 fully saturated rings. The molecular weight excluding hydrogens is 368 g/mol. The number of aromatic nitrogens is 2. The Morgan fingerprint density at radius 1 is 1.03 bits per heavy atom. The van der Waals surface area contributed by atoms with Gasteiger partial charge in [-0.25, -0.2) is 4.98 Å². The molecular formula is C22H18N4O3. The lowest BCUT2D eigenvalue weighted by molar-refractivity contribution is -0.384. The van der Waals surface area contributed by atoms with Gasteiger partial charge in [0, 0.05) is 29.5 Å². The topological polar surface area (TPSA) is 89.5 Å². The first-order chi connectivity index (χ1) is 13.9. The molecule has 0 bridgehead atoms. The number of rotatable bonds is 4. The Morgan fingerprint density at radius 2 is 1.72 bits per heavy atom. The van der Waals surface area contributed by atoms with Gasteiger partial charge in [-0.1, -0.05) is 23.3 Å². The Kier molecular flexibility index (Phi) is 4.56. The van der Waals surface area contributed by atoms with Crippen molar-refractivity contribution in [3.8, 4) is 11.3 Å². The van der Waals surface area contributed by atoms with Gasteiger partial charge in [-0.3, -0.25) is 19.3 Å². The lowest BCUT2D eigenvalue weighted by Crippen LogP contribution is -2.14. The number of imidazole rings is 1. The van der Waals surface area contributed by atoms with E-state index in [1.54, 1.807) is 0 Å². The predicted molar refractivity (Wildman–Crippen MR) is 111 cm³/mol. The highest BCUT2D eigenvalue weighted by Crippen LogP contribution is 2.30. The minimum Gasteiger partial charge on any atom is -0.306 e. The molecule has 2 aromatic heterocycles. The van der Waals surface area contributed by atoms with Crippen LogP contribution < -0.4 is 5.32 Å². The first-order valence-corrected chi connectivity index (χ1v) is 9.04. The monoisotopic (exact) mass is 386 g/mol. The molecule has 0 aliphatic heterocycles. The number of nitrogens with one attached hydrogen (secondary N) is 1. The summed E-state index contributed by atoms with van der Waals surface area (Å²) in [6.07, 6.45) is 1.83. The number of hydrogen-bond donors (Lipinski definition) is 1. The highest BCUT2D eigenvalue weighted by Gasteiger charge is 2.18. The highest BCUT2D eigenvalue weighted by molar-refractivity contribution is 6.06. The van der Waals surface area contributed by atoms with Crippen LogP contribution in [0.25, 0.3) is 16.9 Å². The Morgan fingerprint density at radius 3 is 2.38 bits per heavy atom. The molecule has 7 heteroatoms. The largest absolute Gasteiger partial charge is 0.306 e. The van der Waals surface area contributed by atoms with Gasteiger partial charge in [0.05, 0.1) is 4.92 Å². The van der Waals surface area contributed by atoms with Gasteiger partial charge in [-0.2, -0.15) is 0 Å². The molecule has 144 valence electrons. The number of benzene rings is 2. The highest BCUT2D eigenvalue weighted by atomic mass is 16.6. The zero-order chi connectivity index (χ0) is 20.5. The van der Waals surface area contributed by atoms with Gasteiger partial charge in [0.1, 0.15) is 17.2 Å². The number of aryl methyl sites for hydroxylation is 2. The van der Waals surface area contributed by atoms with E-state index in [-0.39, 0.29) is 11.6 Å². The van der Waals surface area contributed by atoms with E-state index in [0.717, 1.165) is 16.7 Å². The summed E-state index contributed by atoms with van der Waals surface area (Å²) in [7, 11) is 0. The van der Waals surface area contributed by atoms with Crippen molar-refractivity contribution in [3.05, 3.63) is 93.7 Å². The van der Waals surface area contributed by atoms with Crippen molar-refractivity contribution in [1.29, 1.82) is 0 Å². The molecule has 2 heterocycles. The maximum absolute atomic E-state index is 12.8. The number of non-ortho nitro benzene ring substituents is 1. The average Bonchev–Trinajstić information content (AvgIpc) is 3.06. The quantitative estimate of drug-likeness (QED) is 0.404. The van der Waals surface area contributed by atoms with Gasteiger partial charge < -0.3 is 5.32 Å². The van der Waals surface area contributed by atoms with Crippen molar-refractivity contribution < 1.29 is 9.72 Å². The van der Waals surface area contributed by atoms with E-state index in [0.29, 0.717) is 22.7 Å². The minimum absolute atomic E-state index is 0.0627. The zero-order valence-electron chi connectivity index (χ0n) is 15.9. The Balaban J connectivity index is 1.78. The SMILES string of the molecule is Cc1cc(C)cc(-c2nc3ccccn3c2NC(=O)c2ccc([N+](=O)[O-])cc2)c1. The first-order valence-electron chi connectivity index (χ1n) is 9.04. The Hall–Kier alpha value is -4.00. The predicted octanol–water partition coefficient (Wildman–Crippen LogP) is 4.78. The van der Waals surface area contributed by atoms with Crippen LogP contribution in [0.2, 0.25) is 0 Å². The van der Waals surface area contributed by atoms with Gasteiger partial charge in [0.25, 0.3) is 11.6 Å². The fourth-order valence-corrected chi connectivity index (χ4v) is 3.34. The second-order valence-corrected chi connectivity index (χ2v) is 6.87. The fraction of sp³-hybridized carbons (Fsp3) is 0.0909. The number of carbonyl (C=O) groups is 1. The fourth-order valence-electron chi connectivity index (χ4n) is 3.34. The second kappa shape index (κ2) is 7.20. The molecule has 4 aromatic rings. The summed E-state index contributed by atoms with van der Waals surface area (Å²) >= 11 is 0. The molecule has 4 rings (SSSR count). The smallest absolute Gasteiger partial charge is 0.269 e. The summed E-state index contributed by atoms with van der Waals surface area (Å²) in [5.41, 5.74) is 4.75. The summed E-state index contributed by atoms with van der Waals surface area (Å²) in [5, 5.41) is 13.8. The van der Waals surface area contributed by atoms with Gasteiger partial charge in [0.15, 0.2) is 0 Å². The van der Waals surface area contributed by atoms with E-state index in [1.807, 2.05) is 54.8 Å². The van der Waals surface area contributed by atoms with Crippen LogP contribution in [0.3, 0.4) is 0 Å². The van der Waals surface area contributed by atoms with Crippen LogP contribution in [0.1, 0.15) is 21.5 Å². The zero-order valence-corrected chi connectivity index (χ0v) is 15.9. The number of amides is 1. The summed E-state index contributed by atoms with van der Waals surface area (Å²) in [6.45, 7) is 4.03. The summed E-state index contributed by atoms with van der Waals surface area (Å²) in [6, 6.07) is 17.2. The number of anilines is 1. The van der Waals surface area contributed by atoms with E-state index in [1.165, 1.54) is 24.3 Å². The van der Waals surface area contributed by atoms with Gasteiger partial charge >= 0.3 is 0 Å². The van der Waals surface area contributed by atoms with Crippen molar-refractivity contribution in [2.24, 2.45) is 0 Å². The van der Waals surface area contributed by atoms with Gasteiger partial charge in [0.2, 0.25) is 0 Å². The van der Waals surface area contributed by atoms with Crippen molar-refractivity contribution in [1.82, 2.24) is 9.38 Å². The van der Waals surface area contributed by atoms with Crippen molar-refractivity contribution >= 4 is 23.1 Å². The molecule has 1 amide bonds. The summed E-state index contributed by atoms with van der Waals surface area (Å²) < 4.78 is 1.82. The van der Waals surface area contributed by atoms with Gasteiger partial charge in [-0.15, -0.1) is 0 Å². The van der Waals surface area contributed by atoms with E-state index in [4.69, 9.17) is 4.98 Å². The molecule has 2 aromatic carbocycles. The van der Waals surface area contributed by atoms with Crippen LogP contribution in [0.15, 0.2) is 66.9 Å². The van der Waals surface area contributed by atoms with Crippen molar-refractivity contribution in [2.45, 2.75) is 13.8 Å². The molecule has 0 aliphatic rings. The van der Waals surface area contributed by atoms with Gasteiger partial charge in [-0.05, 0) is 50.2 Å². The Labute approximate surface area is 166 Å². The summed E-state index contributed by atoms with van der Waals surface area (Å²) in [5.74, 6) is 0.185. The molecule has 0 aliphatic carbocycles. The van der Waals surface area contributed by atoms with Crippen LogP contribution >= 0.6 is 0 Å². The molecule has 7 nitrogen and oxygen atoms in total. The minimum atomic E-state index is -0.496. The number of hydrogen-bond acceptors (Lipinski definition) is 4. The standard InChI is InChI=1S/C22H18N4O3/c1-14-11-15(2)13-17(12-14)20-21(25-10-4-3-5-19(25)23-20)24-22(27)16-6-8-18(9-7-16)26(28)29/h3-13H,1-2H3,(H,24,27). The third kappa shape index (κ3) is 3.58. The number of nitro benzene ring substituents is 1. The first kappa shape index (κ1) is 18.4. The van der Waals surface area contributed by atoms with Crippen molar-refractivity contribution in [2.75, 3.05) is 5.32 Å². The maximum Gasteiger partial charge on any atom is 0.269 e. The molecule has 29 heavy (non-hydrogen) atoms. The van der Waals surface area contributed by atoms with E-state index in [9.17, 15) is 14.9 Å². The number of carbonyl (C=O) groups excluding carboxylic acids is 1. The van der Waals surface area contributed by atoms with Crippen molar-refractivity contribution in [3.63, 3.8) is 0 Å². The lowest BCUT2D eigenvalue weighted by Gasteiger charge is -2.09. The van der Waals surface area contributed by atoms with Crippen LogP contribution in [-0.2, 0) is 0 Å². The number of fused-ring (bicyclic) bond motifs is 1. The molecule has 0 unspecified atom stereocenters. The number of pyridine rings is 1. The number of nitro groups is 1. The lowest BCUT2D eigenvalue weighted by atomic mass is 10.0. The molecule has 0 atom stereocenters. The molecule has 0 radical (unpaired) electrons. The second-order valence-electron chi connectivity index (χ2n) is 6.87. The Bertz CT molecular complexity index is 1220. The summed E-state index contributed by atoms with van der Waals surface area (Å²) in [4.78, 5) is 27.9. The van der Waals surface area contributed by atoms with Crippen LogP contribution in [-0.4, -0.2) is 20.2 Å². The van der Waals surface area contributed by atoms with Crippen LogP contribution in [0.4, 0.5) is 11.5 Å². The third-order valence-corrected chi connectivity index (χ3v) is 4.60. The average molecular weight is 386 g/mol. The van der Waals surface area contributed by atoms with E-state index < -0.39 is 4.92 Å². The normalized spacial score (nSPS) is 10.8. The molecule has 0 spiro atoms. The maximum atomic E-state index is 12.8. The molecule has 1 N–H and O–H groups in total. The van der Waals surface area contributed by atoms with Crippen LogP contribution in [0, 0.1) is 24.0 Å². The molecule has 0 saturated carbocycles. The van der Waals surface area contributed by atoms with E-state index >= 15 is 0 Å². The van der Waals surface area contributed by atoms with E-state index in [2.05, 4.69) is 11.4 Å². The number of nitrogens with zero attached hydrogens (tertiary/aromatic N) is 3.